The number of benzene rings is 3. The van der Waals surface area contributed by atoms with Gasteiger partial charge in [-0.3, -0.25) is 14.5 Å². The molecule has 2 aliphatic heterocycles. The highest BCUT2D eigenvalue weighted by molar-refractivity contribution is 8.00. The van der Waals surface area contributed by atoms with Gasteiger partial charge in [0.2, 0.25) is 12.7 Å². The third-order valence-electron chi connectivity index (χ3n) is 5.11. The predicted molar refractivity (Wildman–Crippen MR) is 126 cm³/mol. The molecule has 5 rings (SSSR count). The summed E-state index contributed by atoms with van der Waals surface area (Å²) in [6.45, 7) is 0.172. The first-order chi connectivity index (χ1) is 15.5. The quantitative estimate of drug-likeness (QED) is 0.508. The Labute approximate surface area is 198 Å². The van der Waals surface area contributed by atoms with E-state index in [-0.39, 0.29) is 24.0 Å². The van der Waals surface area contributed by atoms with Gasteiger partial charge in [0, 0.05) is 23.0 Å². The van der Waals surface area contributed by atoms with Crippen LogP contribution < -0.4 is 19.7 Å². The number of nitrogens with zero attached hydrogens (tertiary/aromatic N) is 1. The zero-order valence-corrected chi connectivity index (χ0v) is 18.8. The molecule has 32 heavy (non-hydrogen) atoms. The van der Waals surface area contributed by atoms with Crippen LogP contribution in [0.5, 0.6) is 11.5 Å². The molecule has 0 bridgehead atoms. The van der Waals surface area contributed by atoms with Gasteiger partial charge in [-0.05, 0) is 48.0 Å². The number of nitrogens with one attached hydrogen (secondary N) is 1. The summed E-state index contributed by atoms with van der Waals surface area (Å²) >= 11 is 13.5. The molecule has 0 radical (unpaired) electrons. The van der Waals surface area contributed by atoms with Crippen LogP contribution in [0.3, 0.4) is 0 Å². The first-order valence-corrected chi connectivity index (χ1v) is 11.5. The molecule has 0 aromatic heterocycles. The molecule has 2 heterocycles. The Morgan fingerprint density at radius 3 is 2.69 bits per heavy atom. The van der Waals surface area contributed by atoms with Gasteiger partial charge in [0.1, 0.15) is 5.37 Å². The molecule has 6 nitrogen and oxygen atoms in total. The number of ether oxygens (including phenoxy) is 2. The summed E-state index contributed by atoms with van der Waals surface area (Å²) in [6.07, 6.45) is 0. The molecule has 3 aromatic carbocycles. The van der Waals surface area contributed by atoms with Crippen molar-refractivity contribution in [2.24, 2.45) is 0 Å². The average Bonchev–Trinajstić information content (AvgIpc) is 3.41. The van der Waals surface area contributed by atoms with Crippen molar-refractivity contribution in [3.63, 3.8) is 0 Å². The largest absolute Gasteiger partial charge is 0.454 e. The van der Waals surface area contributed by atoms with Crippen LogP contribution in [0, 0.1) is 0 Å². The van der Waals surface area contributed by atoms with Crippen molar-refractivity contribution < 1.29 is 19.1 Å². The molecule has 0 spiro atoms. The zero-order chi connectivity index (χ0) is 22.2. The molecule has 0 aliphatic carbocycles. The molecule has 162 valence electrons. The van der Waals surface area contributed by atoms with Gasteiger partial charge >= 0.3 is 0 Å². The van der Waals surface area contributed by atoms with E-state index in [4.69, 9.17) is 32.7 Å². The van der Waals surface area contributed by atoms with Crippen molar-refractivity contribution in [3.8, 4) is 11.5 Å². The molecule has 1 N–H and O–H groups in total. The number of rotatable bonds is 4. The van der Waals surface area contributed by atoms with E-state index in [1.807, 2.05) is 30.3 Å². The SMILES string of the molecule is O=C(Nc1cccc([C@H]2SCC(=O)N2c2ccc3c(c2)OCO3)c1)c1ccc(Cl)c(Cl)c1. The number of carbonyl (C=O) groups is 2. The molecule has 2 aliphatic rings. The Morgan fingerprint density at radius 2 is 1.84 bits per heavy atom. The van der Waals surface area contributed by atoms with Crippen LogP contribution in [0.1, 0.15) is 21.3 Å². The summed E-state index contributed by atoms with van der Waals surface area (Å²) in [7, 11) is 0. The van der Waals surface area contributed by atoms with Gasteiger partial charge in [-0.15, -0.1) is 11.8 Å². The first kappa shape index (κ1) is 21.0. The maximum absolute atomic E-state index is 12.7. The van der Waals surface area contributed by atoms with Gasteiger partial charge in [-0.2, -0.15) is 0 Å². The number of fused-ring (bicyclic) bond motifs is 1. The smallest absolute Gasteiger partial charge is 0.255 e. The van der Waals surface area contributed by atoms with E-state index in [0.29, 0.717) is 38.5 Å². The van der Waals surface area contributed by atoms with Crippen molar-refractivity contribution in [3.05, 3.63) is 81.8 Å². The van der Waals surface area contributed by atoms with Crippen molar-refractivity contribution in [2.75, 3.05) is 22.8 Å². The average molecular weight is 487 g/mol. The number of amides is 2. The Kier molecular flexibility index (Phi) is 5.63. The van der Waals surface area contributed by atoms with Crippen molar-refractivity contribution in [2.45, 2.75) is 5.37 Å². The topological polar surface area (TPSA) is 67.9 Å². The van der Waals surface area contributed by atoms with Gasteiger partial charge in [0.05, 0.1) is 15.8 Å². The number of carbonyl (C=O) groups excluding carboxylic acids is 2. The molecular formula is C23H16Cl2N2O4S. The van der Waals surface area contributed by atoms with E-state index in [9.17, 15) is 9.59 Å². The highest BCUT2D eigenvalue weighted by Crippen LogP contribution is 2.45. The second kappa shape index (κ2) is 8.58. The van der Waals surface area contributed by atoms with E-state index in [2.05, 4.69) is 5.32 Å². The number of halogens is 2. The molecular weight excluding hydrogens is 471 g/mol. The fourth-order valence-corrected chi connectivity index (χ4v) is 5.06. The molecule has 1 fully saturated rings. The van der Waals surface area contributed by atoms with Crippen LogP contribution in [-0.2, 0) is 4.79 Å². The van der Waals surface area contributed by atoms with Crippen LogP contribution >= 0.6 is 35.0 Å². The molecule has 3 aromatic rings. The molecule has 1 atom stereocenters. The van der Waals surface area contributed by atoms with E-state index in [1.54, 1.807) is 29.2 Å². The van der Waals surface area contributed by atoms with Crippen LogP contribution in [0.2, 0.25) is 10.0 Å². The molecule has 9 heteroatoms. The van der Waals surface area contributed by atoms with Crippen LogP contribution in [0.15, 0.2) is 60.7 Å². The fraction of sp³-hybridized carbons (Fsp3) is 0.130. The first-order valence-electron chi connectivity index (χ1n) is 9.69. The lowest BCUT2D eigenvalue weighted by Crippen LogP contribution is -2.27. The Balaban J connectivity index is 1.40. The van der Waals surface area contributed by atoms with Gasteiger partial charge in [-0.1, -0.05) is 35.3 Å². The maximum Gasteiger partial charge on any atom is 0.255 e. The number of thioether (sulfide) groups is 1. The summed E-state index contributed by atoms with van der Waals surface area (Å²) in [5.74, 6) is 1.34. The summed E-state index contributed by atoms with van der Waals surface area (Å²) in [6, 6.07) is 17.6. The minimum absolute atomic E-state index is 0.00381. The minimum atomic E-state index is -0.302. The second-order valence-corrected chi connectivity index (χ2v) is 9.06. The van der Waals surface area contributed by atoms with E-state index >= 15 is 0 Å². The Hall–Kier alpha value is -2.87. The van der Waals surface area contributed by atoms with Gasteiger partial charge in [0.25, 0.3) is 5.91 Å². The highest BCUT2D eigenvalue weighted by Gasteiger charge is 2.35. The van der Waals surface area contributed by atoms with Gasteiger partial charge in [0.15, 0.2) is 11.5 Å². The van der Waals surface area contributed by atoms with Crippen molar-refractivity contribution >= 4 is 58.2 Å². The Bertz CT molecular complexity index is 1240. The van der Waals surface area contributed by atoms with Crippen LogP contribution in [0.4, 0.5) is 11.4 Å². The lowest BCUT2D eigenvalue weighted by atomic mass is 10.1. The fourth-order valence-electron chi connectivity index (χ4n) is 3.60. The van der Waals surface area contributed by atoms with Gasteiger partial charge in [-0.25, -0.2) is 0 Å². The minimum Gasteiger partial charge on any atom is -0.454 e. The van der Waals surface area contributed by atoms with Gasteiger partial charge < -0.3 is 14.8 Å². The van der Waals surface area contributed by atoms with Crippen molar-refractivity contribution in [1.29, 1.82) is 0 Å². The van der Waals surface area contributed by atoms with Crippen LogP contribution in [0.25, 0.3) is 0 Å². The third kappa shape index (κ3) is 3.99. The molecule has 0 unspecified atom stereocenters. The Morgan fingerprint density at radius 1 is 1.00 bits per heavy atom. The second-order valence-electron chi connectivity index (χ2n) is 7.17. The van der Waals surface area contributed by atoms with Crippen LogP contribution in [-0.4, -0.2) is 24.4 Å². The summed E-state index contributed by atoms with van der Waals surface area (Å²) in [4.78, 5) is 27.1. The molecule has 0 saturated carbocycles. The standard InChI is InChI=1S/C23H16Cl2N2O4S/c24-17-6-4-13(9-18(17)25)22(29)26-15-3-1-2-14(8-15)23-27(21(28)11-32-23)16-5-7-19-20(10-16)31-12-30-19/h1-10,23H,11-12H2,(H,26,29)/t23-/m1/s1. The summed E-state index contributed by atoms with van der Waals surface area (Å²) in [5, 5.41) is 3.35. The molecule has 1 saturated heterocycles. The third-order valence-corrected chi connectivity index (χ3v) is 7.07. The normalized spacial score (nSPS) is 17.0. The highest BCUT2D eigenvalue weighted by atomic mass is 35.5. The number of hydrogen-bond donors (Lipinski definition) is 1. The van der Waals surface area contributed by atoms with E-state index in [0.717, 1.165) is 11.3 Å². The molecule has 2 amide bonds. The van der Waals surface area contributed by atoms with Crippen molar-refractivity contribution in [1.82, 2.24) is 0 Å². The lowest BCUT2D eigenvalue weighted by Gasteiger charge is -2.25. The lowest BCUT2D eigenvalue weighted by molar-refractivity contribution is -0.115. The summed E-state index contributed by atoms with van der Waals surface area (Å²) in [5.41, 5.74) is 2.64. The predicted octanol–water partition coefficient (Wildman–Crippen LogP) is 5.75. The summed E-state index contributed by atoms with van der Waals surface area (Å²) < 4.78 is 10.8. The maximum atomic E-state index is 12.7. The number of hydrogen-bond acceptors (Lipinski definition) is 5. The zero-order valence-electron chi connectivity index (χ0n) is 16.5. The van der Waals surface area contributed by atoms with E-state index < -0.39 is 0 Å². The number of anilines is 2. The monoisotopic (exact) mass is 486 g/mol. The van der Waals surface area contributed by atoms with E-state index in [1.165, 1.54) is 17.8 Å².